The van der Waals surface area contributed by atoms with Crippen molar-refractivity contribution in [2.45, 2.75) is 20.3 Å². The van der Waals surface area contributed by atoms with Crippen LogP contribution in [-0.2, 0) is 4.79 Å². The lowest BCUT2D eigenvalue weighted by molar-refractivity contribution is -0.136. The summed E-state index contributed by atoms with van der Waals surface area (Å²) in [6.07, 6.45) is -0.160. The zero-order chi connectivity index (χ0) is 12.3. The third-order valence-electron chi connectivity index (χ3n) is 2.17. The van der Waals surface area contributed by atoms with Gasteiger partial charge >= 0.3 is 12.0 Å². The normalized spacial score (nSPS) is 10.1. The van der Waals surface area contributed by atoms with Gasteiger partial charge in [0.25, 0.3) is 0 Å². The smallest absolute Gasteiger partial charge is 0.319 e. The average Bonchev–Trinajstić information content (AvgIpc) is 2.48. The van der Waals surface area contributed by atoms with Gasteiger partial charge in [0, 0.05) is 6.54 Å². The van der Waals surface area contributed by atoms with Crippen LogP contribution >= 0.6 is 0 Å². The van der Waals surface area contributed by atoms with Crippen LogP contribution in [0.25, 0.3) is 0 Å². The number of H-pyrrole nitrogens is 1. The van der Waals surface area contributed by atoms with Crippen molar-refractivity contribution < 1.29 is 14.7 Å². The zero-order valence-electron chi connectivity index (χ0n) is 9.15. The van der Waals surface area contributed by atoms with E-state index in [-0.39, 0.29) is 13.0 Å². The first kappa shape index (κ1) is 12.0. The Kier molecular flexibility index (Phi) is 3.49. The quantitative estimate of drug-likeness (QED) is 0.689. The number of nitrogens with two attached hydrogens (primary N) is 1. The van der Waals surface area contributed by atoms with Crippen molar-refractivity contribution in [2.75, 3.05) is 11.4 Å². The fraction of sp³-hybridized carbons (Fsp3) is 0.444. The van der Waals surface area contributed by atoms with Gasteiger partial charge < -0.3 is 10.8 Å². The van der Waals surface area contributed by atoms with Gasteiger partial charge in [-0.05, 0) is 13.8 Å². The van der Waals surface area contributed by atoms with Crippen LogP contribution in [0, 0.1) is 13.8 Å². The van der Waals surface area contributed by atoms with Gasteiger partial charge in [0.05, 0.1) is 23.5 Å². The van der Waals surface area contributed by atoms with Crippen LogP contribution in [-0.4, -0.2) is 33.8 Å². The molecule has 0 saturated heterocycles. The number of carbonyl (C=O) groups is 2. The third-order valence-corrected chi connectivity index (χ3v) is 2.17. The minimum Gasteiger partial charge on any atom is -0.481 e. The van der Waals surface area contributed by atoms with Gasteiger partial charge in [-0.15, -0.1) is 0 Å². The number of carboxylic acids is 1. The Morgan fingerprint density at radius 1 is 1.50 bits per heavy atom. The summed E-state index contributed by atoms with van der Waals surface area (Å²) in [6, 6.07) is -0.686. The lowest BCUT2D eigenvalue weighted by Crippen LogP contribution is -2.38. The molecule has 0 spiro atoms. The van der Waals surface area contributed by atoms with E-state index in [1.54, 1.807) is 13.8 Å². The summed E-state index contributed by atoms with van der Waals surface area (Å²) in [7, 11) is 0. The Labute approximate surface area is 92.2 Å². The molecule has 2 amide bonds. The highest BCUT2D eigenvalue weighted by Crippen LogP contribution is 2.21. The Morgan fingerprint density at radius 2 is 2.12 bits per heavy atom. The van der Waals surface area contributed by atoms with Crippen molar-refractivity contribution in [3.63, 3.8) is 0 Å². The maximum absolute atomic E-state index is 11.2. The molecule has 0 radical (unpaired) electrons. The number of carboxylic acid groups (broad SMARTS) is 1. The second-order valence-corrected chi connectivity index (χ2v) is 3.42. The van der Waals surface area contributed by atoms with E-state index in [1.807, 2.05) is 0 Å². The number of aromatic nitrogens is 2. The molecule has 0 aromatic carbocycles. The van der Waals surface area contributed by atoms with Gasteiger partial charge in [-0.25, -0.2) is 4.79 Å². The van der Waals surface area contributed by atoms with Gasteiger partial charge in [0.1, 0.15) is 0 Å². The maximum Gasteiger partial charge on any atom is 0.319 e. The van der Waals surface area contributed by atoms with Crippen LogP contribution in [0.5, 0.6) is 0 Å². The number of anilines is 1. The molecule has 4 N–H and O–H groups in total. The lowest BCUT2D eigenvalue weighted by atomic mass is 10.2. The number of hydrogen-bond donors (Lipinski definition) is 3. The lowest BCUT2D eigenvalue weighted by Gasteiger charge is -2.19. The van der Waals surface area contributed by atoms with Crippen molar-refractivity contribution in [3.05, 3.63) is 11.4 Å². The highest BCUT2D eigenvalue weighted by Gasteiger charge is 2.19. The summed E-state index contributed by atoms with van der Waals surface area (Å²) in [5, 5.41) is 15.2. The van der Waals surface area contributed by atoms with Gasteiger partial charge in [0.2, 0.25) is 0 Å². The third kappa shape index (κ3) is 2.50. The van der Waals surface area contributed by atoms with E-state index in [9.17, 15) is 9.59 Å². The molecule has 0 aliphatic carbocycles. The number of nitrogens with zero attached hydrogens (tertiary/aromatic N) is 2. The van der Waals surface area contributed by atoms with Gasteiger partial charge in [-0.1, -0.05) is 0 Å². The first-order chi connectivity index (χ1) is 7.43. The topological polar surface area (TPSA) is 112 Å². The molecule has 7 heteroatoms. The number of aryl methyl sites for hydroxylation is 2. The first-order valence-electron chi connectivity index (χ1n) is 4.73. The summed E-state index contributed by atoms with van der Waals surface area (Å²) in [5.41, 5.74) is 7.05. The molecule has 7 nitrogen and oxygen atoms in total. The molecule has 0 aliphatic heterocycles. The van der Waals surface area contributed by atoms with Crippen LogP contribution in [0.3, 0.4) is 0 Å². The fourth-order valence-corrected chi connectivity index (χ4v) is 1.48. The second kappa shape index (κ2) is 4.65. The highest BCUT2D eigenvalue weighted by atomic mass is 16.4. The molecule has 0 unspecified atom stereocenters. The molecule has 88 valence electrons. The summed E-state index contributed by atoms with van der Waals surface area (Å²) >= 11 is 0. The molecular formula is C9H14N4O3. The Hall–Kier alpha value is -2.05. The Bertz CT molecular complexity index is 393. The van der Waals surface area contributed by atoms with Crippen molar-refractivity contribution >= 4 is 17.7 Å². The predicted molar refractivity (Wildman–Crippen MR) is 57.2 cm³/mol. The standard InChI is InChI=1S/C9H14N4O3/c1-5-8(6(2)12-11-5)13(9(10)16)4-3-7(14)15/h3-4H2,1-2H3,(H2,10,16)(H,11,12)(H,14,15). The number of nitrogens with one attached hydrogen (secondary N) is 1. The molecule has 1 heterocycles. The molecule has 1 aromatic rings. The van der Waals surface area contributed by atoms with E-state index in [1.165, 1.54) is 4.90 Å². The van der Waals surface area contributed by atoms with Crippen molar-refractivity contribution in [3.8, 4) is 0 Å². The zero-order valence-corrected chi connectivity index (χ0v) is 9.15. The number of carbonyl (C=O) groups excluding carboxylic acids is 1. The number of aliphatic carboxylic acids is 1. The molecule has 0 saturated carbocycles. The van der Waals surface area contributed by atoms with Crippen LogP contribution in [0.15, 0.2) is 0 Å². The summed E-state index contributed by atoms with van der Waals surface area (Å²) in [5.74, 6) is -0.981. The van der Waals surface area contributed by atoms with Gasteiger partial charge in [-0.2, -0.15) is 5.10 Å². The van der Waals surface area contributed by atoms with Crippen molar-refractivity contribution in [2.24, 2.45) is 5.73 Å². The number of amides is 2. The van der Waals surface area contributed by atoms with E-state index >= 15 is 0 Å². The van der Waals surface area contributed by atoms with Crippen molar-refractivity contribution in [1.29, 1.82) is 0 Å². The average molecular weight is 226 g/mol. The predicted octanol–water partition coefficient (Wildman–Crippen LogP) is 0.386. The highest BCUT2D eigenvalue weighted by molar-refractivity contribution is 5.92. The number of urea groups is 1. The molecular weight excluding hydrogens is 212 g/mol. The second-order valence-electron chi connectivity index (χ2n) is 3.42. The monoisotopic (exact) mass is 226 g/mol. The SMILES string of the molecule is Cc1n[nH]c(C)c1N(CCC(=O)O)C(N)=O. The van der Waals surface area contributed by atoms with Crippen LogP contribution in [0.1, 0.15) is 17.8 Å². The molecule has 1 rings (SSSR count). The minimum absolute atomic E-state index is 0.0336. The van der Waals surface area contributed by atoms with Crippen LogP contribution < -0.4 is 10.6 Å². The Balaban J connectivity index is 2.94. The van der Waals surface area contributed by atoms with E-state index in [4.69, 9.17) is 10.8 Å². The largest absolute Gasteiger partial charge is 0.481 e. The molecule has 0 aliphatic rings. The molecule has 0 atom stereocenters. The van der Waals surface area contributed by atoms with Crippen molar-refractivity contribution in [1.82, 2.24) is 10.2 Å². The molecule has 0 fully saturated rings. The van der Waals surface area contributed by atoms with E-state index in [0.29, 0.717) is 17.1 Å². The number of hydrogen-bond acceptors (Lipinski definition) is 3. The fourth-order valence-electron chi connectivity index (χ4n) is 1.48. The van der Waals surface area contributed by atoms with Crippen LogP contribution in [0.2, 0.25) is 0 Å². The molecule has 0 bridgehead atoms. The number of rotatable bonds is 4. The molecule has 16 heavy (non-hydrogen) atoms. The first-order valence-corrected chi connectivity index (χ1v) is 4.73. The van der Waals surface area contributed by atoms with Gasteiger partial charge in [-0.3, -0.25) is 14.8 Å². The van der Waals surface area contributed by atoms with Gasteiger partial charge in [0.15, 0.2) is 0 Å². The number of aromatic amines is 1. The molecule has 1 aromatic heterocycles. The van der Waals surface area contributed by atoms with E-state index in [0.717, 1.165) is 0 Å². The Morgan fingerprint density at radius 3 is 2.50 bits per heavy atom. The summed E-state index contributed by atoms with van der Waals surface area (Å²) in [6.45, 7) is 3.49. The minimum atomic E-state index is -0.981. The van der Waals surface area contributed by atoms with E-state index in [2.05, 4.69) is 10.2 Å². The summed E-state index contributed by atoms with van der Waals surface area (Å²) < 4.78 is 0. The number of primary amides is 1. The summed E-state index contributed by atoms with van der Waals surface area (Å²) in [4.78, 5) is 22.9. The maximum atomic E-state index is 11.2. The van der Waals surface area contributed by atoms with Crippen LogP contribution in [0.4, 0.5) is 10.5 Å². The van der Waals surface area contributed by atoms with E-state index < -0.39 is 12.0 Å².